The van der Waals surface area contributed by atoms with Gasteiger partial charge in [-0.1, -0.05) is 18.2 Å². The van der Waals surface area contributed by atoms with E-state index in [4.69, 9.17) is 0 Å². The Balaban J connectivity index is 1.31. The van der Waals surface area contributed by atoms with Gasteiger partial charge in [-0.2, -0.15) is 4.72 Å². The third-order valence-corrected chi connectivity index (χ3v) is 8.57. The molecule has 2 aliphatic rings. The molecule has 210 valence electrons. The maximum atomic E-state index is 13.7. The first kappa shape index (κ1) is 27.5. The van der Waals surface area contributed by atoms with E-state index in [1.165, 1.54) is 17.0 Å². The summed E-state index contributed by atoms with van der Waals surface area (Å²) < 4.78 is 28.6. The van der Waals surface area contributed by atoms with Gasteiger partial charge in [-0.3, -0.25) is 9.59 Å². The largest absolute Gasteiger partial charge is 0.481 e. The number of hydrogen-bond acceptors (Lipinski definition) is 8. The molecule has 5 rings (SSSR count). The minimum absolute atomic E-state index is 0.00693. The number of carboxylic acid groups (broad SMARTS) is 1. The van der Waals surface area contributed by atoms with Crippen molar-refractivity contribution in [3.05, 3.63) is 78.6 Å². The lowest BCUT2D eigenvalue weighted by Gasteiger charge is -2.36. The van der Waals surface area contributed by atoms with Crippen LogP contribution in [0.1, 0.15) is 29.6 Å². The second-order valence-corrected chi connectivity index (χ2v) is 11.7. The fourth-order valence-electron chi connectivity index (χ4n) is 4.76. The average molecular weight is 565 g/mol. The van der Waals surface area contributed by atoms with Gasteiger partial charge in [-0.05, 0) is 61.2 Å². The Kier molecular flexibility index (Phi) is 8.27. The van der Waals surface area contributed by atoms with Crippen molar-refractivity contribution < 1.29 is 23.1 Å². The number of carboxylic acids is 1. The van der Waals surface area contributed by atoms with Crippen molar-refractivity contribution in [2.24, 2.45) is 5.92 Å². The number of rotatable bonds is 11. The first-order valence-corrected chi connectivity index (χ1v) is 14.8. The molecule has 1 aliphatic carbocycles. The van der Waals surface area contributed by atoms with Gasteiger partial charge in [0, 0.05) is 56.4 Å². The van der Waals surface area contributed by atoms with Crippen molar-refractivity contribution in [1.82, 2.24) is 19.6 Å². The first-order valence-electron chi connectivity index (χ1n) is 13.3. The normalized spacial score (nSPS) is 16.4. The van der Waals surface area contributed by atoms with Crippen LogP contribution in [0.5, 0.6) is 0 Å². The number of hydrogen-bond donors (Lipinski definition) is 2. The molecule has 1 unspecified atom stereocenters. The van der Waals surface area contributed by atoms with Gasteiger partial charge in [-0.15, -0.1) is 0 Å². The number of nitrogens with one attached hydrogen (secondary N) is 1. The second kappa shape index (κ2) is 12.0. The molecular weight excluding hydrogens is 532 g/mol. The van der Waals surface area contributed by atoms with Gasteiger partial charge in [0.05, 0.1) is 11.3 Å². The van der Waals surface area contributed by atoms with Crippen LogP contribution in [0.4, 0.5) is 11.6 Å². The molecule has 1 saturated carbocycles. The zero-order chi connectivity index (χ0) is 28.1. The number of aliphatic carboxylic acids is 1. The van der Waals surface area contributed by atoms with E-state index in [0.29, 0.717) is 11.5 Å². The van der Waals surface area contributed by atoms with Gasteiger partial charge in [0.25, 0.3) is 5.91 Å². The molecule has 0 radical (unpaired) electrons. The lowest BCUT2D eigenvalue weighted by atomic mass is 10.1. The number of anilines is 2. The number of sulfonamides is 1. The van der Waals surface area contributed by atoms with Crippen molar-refractivity contribution >= 4 is 33.5 Å². The summed E-state index contributed by atoms with van der Waals surface area (Å²) in [5, 5.41) is 9.58. The Morgan fingerprint density at radius 1 is 0.925 bits per heavy atom. The summed E-state index contributed by atoms with van der Waals surface area (Å²) in [5.74, 6) is -0.695. The molecule has 11 nitrogen and oxygen atoms in total. The summed E-state index contributed by atoms with van der Waals surface area (Å²) in [4.78, 5) is 39.8. The molecule has 0 bridgehead atoms. The molecule has 3 aromatic rings. The Morgan fingerprint density at radius 2 is 1.55 bits per heavy atom. The van der Waals surface area contributed by atoms with Crippen LogP contribution in [0, 0.1) is 5.92 Å². The Bertz CT molecular complexity index is 1410. The second-order valence-electron chi connectivity index (χ2n) is 10.0. The molecule has 1 atom stereocenters. The van der Waals surface area contributed by atoms with Crippen LogP contribution < -0.4 is 14.5 Å². The number of nitrogens with zero attached hydrogens (tertiary/aromatic N) is 5. The van der Waals surface area contributed by atoms with E-state index in [2.05, 4.69) is 24.5 Å². The maximum Gasteiger partial charge on any atom is 0.306 e. The third kappa shape index (κ3) is 6.75. The summed E-state index contributed by atoms with van der Waals surface area (Å²) in [5.41, 5.74) is 1.33. The van der Waals surface area contributed by atoms with Gasteiger partial charge < -0.3 is 19.8 Å². The van der Waals surface area contributed by atoms with Crippen molar-refractivity contribution in [3.63, 3.8) is 0 Å². The van der Waals surface area contributed by atoms with Crippen molar-refractivity contribution in [3.8, 4) is 0 Å². The first-order chi connectivity index (χ1) is 19.3. The summed E-state index contributed by atoms with van der Waals surface area (Å²) in [6.45, 7) is 3.33. The van der Waals surface area contributed by atoms with Crippen molar-refractivity contribution in [2.45, 2.75) is 30.3 Å². The van der Waals surface area contributed by atoms with E-state index < -0.39 is 34.5 Å². The average Bonchev–Trinajstić information content (AvgIpc) is 3.80. The SMILES string of the molecule is O=C(O)CC(NS(=O)(=O)c1ccccc1)N(CC1CC1)C(=O)c1ccc(N2CCN(c3ncccn3)CC2)cc1. The maximum absolute atomic E-state index is 13.7. The van der Waals surface area contributed by atoms with E-state index in [1.54, 1.807) is 48.8 Å². The zero-order valence-corrected chi connectivity index (χ0v) is 22.8. The molecule has 1 saturated heterocycles. The molecule has 1 amide bonds. The highest BCUT2D eigenvalue weighted by molar-refractivity contribution is 7.89. The van der Waals surface area contributed by atoms with Gasteiger partial charge in [0.15, 0.2) is 0 Å². The molecule has 12 heteroatoms. The highest BCUT2D eigenvalue weighted by atomic mass is 32.2. The Morgan fingerprint density at radius 3 is 2.15 bits per heavy atom. The molecule has 0 spiro atoms. The van der Waals surface area contributed by atoms with Crippen LogP contribution in [0.15, 0.2) is 78.0 Å². The standard InChI is InChI=1S/C28H32N6O5S/c35-26(36)19-25(31-40(38,39)24-5-2-1-3-6-24)34(20-21-7-8-21)27(37)22-9-11-23(12-10-22)32-15-17-33(18-16-32)28-29-13-4-14-30-28/h1-6,9-14,21,25,31H,7-8,15-20H2,(H,35,36). The van der Waals surface area contributed by atoms with Crippen molar-refractivity contribution in [1.29, 1.82) is 0 Å². The fraction of sp³-hybridized carbons (Fsp3) is 0.357. The minimum Gasteiger partial charge on any atom is -0.481 e. The lowest BCUT2D eigenvalue weighted by Crippen LogP contribution is -2.52. The monoisotopic (exact) mass is 564 g/mol. The number of amides is 1. The van der Waals surface area contributed by atoms with Crippen LogP contribution in [0.25, 0.3) is 0 Å². The number of benzene rings is 2. The Hall–Kier alpha value is -4.03. The number of aromatic nitrogens is 2. The van der Waals surface area contributed by atoms with Crippen LogP contribution in [0.2, 0.25) is 0 Å². The van der Waals surface area contributed by atoms with Crippen LogP contribution in [-0.2, 0) is 14.8 Å². The summed E-state index contributed by atoms with van der Waals surface area (Å²) in [7, 11) is -4.05. The molecule has 1 aliphatic heterocycles. The Labute approximate surface area is 233 Å². The topological polar surface area (TPSA) is 136 Å². The van der Waals surface area contributed by atoms with Crippen molar-refractivity contribution in [2.75, 3.05) is 42.5 Å². The van der Waals surface area contributed by atoms with Gasteiger partial charge in [0.1, 0.15) is 6.17 Å². The zero-order valence-electron chi connectivity index (χ0n) is 22.0. The third-order valence-electron chi connectivity index (χ3n) is 7.10. The molecule has 2 N–H and O–H groups in total. The highest BCUT2D eigenvalue weighted by Crippen LogP contribution is 2.31. The predicted octanol–water partition coefficient (Wildman–Crippen LogP) is 2.43. The van der Waals surface area contributed by atoms with E-state index >= 15 is 0 Å². The smallest absolute Gasteiger partial charge is 0.306 e. The highest BCUT2D eigenvalue weighted by Gasteiger charge is 2.35. The minimum atomic E-state index is -4.05. The number of carbonyl (C=O) groups is 2. The summed E-state index contributed by atoms with van der Waals surface area (Å²) >= 11 is 0. The van der Waals surface area contributed by atoms with E-state index in [-0.39, 0.29) is 17.4 Å². The molecule has 40 heavy (non-hydrogen) atoms. The summed E-state index contributed by atoms with van der Waals surface area (Å²) in [6.07, 6.45) is 3.48. The quantitative estimate of drug-likeness (QED) is 0.337. The fourth-order valence-corrected chi connectivity index (χ4v) is 5.98. The molecule has 1 aromatic heterocycles. The van der Waals surface area contributed by atoms with E-state index in [0.717, 1.165) is 44.7 Å². The molecule has 2 aromatic carbocycles. The van der Waals surface area contributed by atoms with Gasteiger partial charge >= 0.3 is 5.97 Å². The predicted molar refractivity (Wildman–Crippen MR) is 149 cm³/mol. The molecule has 2 heterocycles. The van der Waals surface area contributed by atoms with Crippen LogP contribution >= 0.6 is 0 Å². The van der Waals surface area contributed by atoms with Crippen LogP contribution in [0.3, 0.4) is 0 Å². The lowest BCUT2D eigenvalue weighted by molar-refractivity contribution is -0.138. The van der Waals surface area contributed by atoms with E-state index in [1.807, 2.05) is 12.1 Å². The number of carbonyl (C=O) groups excluding carboxylic acids is 1. The van der Waals surface area contributed by atoms with E-state index in [9.17, 15) is 23.1 Å². The molecular formula is C28H32N6O5S. The number of piperazine rings is 1. The van der Waals surface area contributed by atoms with Gasteiger partial charge in [-0.25, -0.2) is 18.4 Å². The molecule has 2 fully saturated rings. The van der Waals surface area contributed by atoms with Crippen LogP contribution in [-0.4, -0.2) is 79.2 Å². The van der Waals surface area contributed by atoms with Gasteiger partial charge in [0.2, 0.25) is 16.0 Å². The summed E-state index contributed by atoms with van der Waals surface area (Å²) in [6, 6.07) is 16.7.